The molecule has 0 spiro atoms. The minimum atomic E-state index is 0.0235. The third-order valence-electron chi connectivity index (χ3n) is 2.81. The number of nitriles is 1. The molecule has 0 radical (unpaired) electrons. The molecule has 1 amide bonds. The van der Waals surface area contributed by atoms with Crippen molar-refractivity contribution in [3.05, 3.63) is 28.2 Å². The summed E-state index contributed by atoms with van der Waals surface area (Å²) in [6.45, 7) is 4.52. The maximum Gasteiger partial charge on any atom is 0.221 e. The van der Waals surface area contributed by atoms with Crippen molar-refractivity contribution in [3.63, 3.8) is 0 Å². The van der Waals surface area contributed by atoms with Crippen molar-refractivity contribution < 1.29 is 4.79 Å². The molecule has 1 unspecified atom stereocenters. The van der Waals surface area contributed by atoms with E-state index in [0.717, 1.165) is 16.6 Å². The SMILES string of the molecule is CCC(C)NC(=O)CCNc1cccc(Br)c1C#N. The first kappa shape index (κ1) is 15.5. The van der Waals surface area contributed by atoms with Gasteiger partial charge in [-0.1, -0.05) is 13.0 Å². The lowest BCUT2D eigenvalue weighted by Crippen LogP contribution is -2.32. The van der Waals surface area contributed by atoms with Crippen LogP contribution >= 0.6 is 15.9 Å². The van der Waals surface area contributed by atoms with E-state index in [1.165, 1.54) is 0 Å². The molecule has 0 bridgehead atoms. The standard InChI is InChI=1S/C14H18BrN3O/c1-3-10(2)18-14(19)7-8-17-13-6-4-5-12(15)11(13)9-16/h4-6,10,17H,3,7-8H2,1-2H3,(H,18,19). The van der Waals surface area contributed by atoms with Crippen LogP contribution in [0.1, 0.15) is 32.3 Å². The number of hydrogen-bond donors (Lipinski definition) is 2. The van der Waals surface area contributed by atoms with Gasteiger partial charge in [-0.2, -0.15) is 5.26 Å². The molecule has 0 aliphatic carbocycles. The number of nitrogens with zero attached hydrogens (tertiary/aromatic N) is 1. The molecule has 5 heteroatoms. The molecule has 1 aromatic rings. The van der Waals surface area contributed by atoms with Gasteiger partial charge < -0.3 is 10.6 Å². The van der Waals surface area contributed by atoms with Crippen molar-refractivity contribution in [3.8, 4) is 6.07 Å². The highest BCUT2D eigenvalue weighted by Crippen LogP contribution is 2.23. The van der Waals surface area contributed by atoms with Crippen molar-refractivity contribution in [1.82, 2.24) is 5.32 Å². The smallest absolute Gasteiger partial charge is 0.221 e. The largest absolute Gasteiger partial charge is 0.383 e. The average Bonchev–Trinajstić information content (AvgIpc) is 2.38. The molecule has 0 aliphatic heterocycles. The maximum atomic E-state index is 11.6. The Hall–Kier alpha value is -1.54. The highest BCUT2D eigenvalue weighted by molar-refractivity contribution is 9.10. The van der Waals surface area contributed by atoms with Gasteiger partial charge in [0.2, 0.25) is 5.91 Å². The third kappa shape index (κ3) is 4.92. The minimum Gasteiger partial charge on any atom is -0.383 e. The third-order valence-corrected chi connectivity index (χ3v) is 3.47. The van der Waals surface area contributed by atoms with Gasteiger partial charge in [-0.3, -0.25) is 4.79 Å². The lowest BCUT2D eigenvalue weighted by atomic mass is 10.2. The molecular formula is C14H18BrN3O. The number of anilines is 1. The van der Waals surface area contributed by atoms with Crippen molar-refractivity contribution in [2.75, 3.05) is 11.9 Å². The van der Waals surface area contributed by atoms with E-state index in [9.17, 15) is 4.79 Å². The Kier molecular flexibility index (Phi) is 6.37. The van der Waals surface area contributed by atoms with Gasteiger partial charge in [0.15, 0.2) is 0 Å². The van der Waals surface area contributed by atoms with Gasteiger partial charge >= 0.3 is 0 Å². The fraction of sp³-hybridized carbons (Fsp3) is 0.429. The fourth-order valence-electron chi connectivity index (χ4n) is 1.54. The van der Waals surface area contributed by atoms with Crippen molar-refractivity contribution >= 4 is 27.5 Å². The van der Waals surface area contributed by atoms with Gasteiger partial charge in [0.05, 0.1) is 11.3 Å². The molecule has 0 saturated carbocycles. The second kappa shape index (κ2) is 7.80. The summed E-state index contributed by atoms with van der Waals surface area (Å²) in [5, 5.41) is 15.1. The van der Waals surface area contributed by atoms with Crippen molar-refractivity contribution in [2.45, 2.75) is 32.7 Å². The first-order valence-corrected chi connectivity index (χ1v) is 7.09. The molecule has 19 heavy (non-hydrogen) atoms. The molecule has 0 fully saturated rings. The Morgan fingerprint density at radius 1 is 1.53 bits per heavy atom. The second-order valence-corrected chi connectivity index (χ2v) is 5.18. The topological polar surface area (TPSA) is 64.9 Å². The monoisotopic (exact) mass is 323 g/mol. The Morgan fingerprint density at radius 3 is 2.89 bits per heavy atom. The van der Waals surface area contributed by atoms with Crippen LogP contribution in [-0.4, -0.2) is 18.5 Å². The van der Waals surface area contributed by atoms with E-state index in [1.54, 1.807) is 0 Å². The second-order valence-electron chi connectivity index (χ2n) is 4.33. The van der Waals surface area contributed by atoms with Crippen LogP contribution < -0.4 is 10.6 Å². The predicted octanol–water partition coefficient (Wildman–Crippen LogP) is 3.04. The van der Waals surface area contributed by atoms with E-state index in [-0.39, 0.29) is 11.9 Å². The Balaban J connectivity index is 2.48. The number of benzene rings is 1. The van der Waals surface area contributed by atoms with E-state index < -0.39 is 0 Å². The van der Waals surface area contributed by atoms with Crippen molar-refractivity contribution in [1.29, 1.82) is 5.26 Å². The number of carbonyl (C=O) groups is 1. The Labute approximate surface area is 122 Å². The molecule has 1 rings (SSSR count). The van der Waals surface area contributed by atoms with Crippen LogP contribution in [0.3, 0.4) is 0 Å². The van der Waals surface area contributed by atoms with E-state index in [0.29, 0.717) is 18.5 Å². The summed E-state index contributed by atoms with van der Waals surface area (Å²) in [6.07, 6.45) is 1.31. The Bertz CT molecular complexity index is 482. The molecule has 0 saturated heterocycles. The molecule has 1 aromatic carbocycles. The van der Waals surface area contributed by atoms with Gasteiger partial charge in [-0.15, -0.1) is 0 Å². The molecular weight excluding hydrogens is 306 g/mol. The minimum absolute atomic E-state index is 0.0235. The number of rotatable bonds is 6. The van der Waals surface area contributed by atoms with E-state index in [1.807, 2.05) is 32.0 Å². The number of halogens is 1. The van der Waals surface area contributed by atoms with E-state index >= 15 is 0 Å². The van der Waals surface area contributed by atoms with E-state index in [4.69, 9.17) is 5.26 Å². The molecule has 0 heterocycles. The molecule has 4 nitrogen and oxygen atoms in total. The summed E-state index contributed by atoms with van der Waals surface area (Å²) in [5.74, 6) is 0.0235. The van der Waals surface area contributed by atoms with Gasteiger partial charge in [0.1, 0.15) is 6.07 Å². The first-order chi connectivity index (χ1) is 9.08. The predicted molar refractivity (Wildman–Crippen MR) is 79.9 cm³/mol. The zero-order valence-corrected chi connectivity index (χ0v) is 12.8. The number of amides is 1. The summed E-state index contributed by atoms with van der Waals surface area (Å²) in [5.41, 5.74) is 1.30. The highest BCUT2D eigenvalue weighted by Gasteiger charge is 2.07. The summed E-state index contributed by atoms with van der Waals surface area (Å²) >= 11 is 3.33. The summed E-state index contributed by atoms with van der Waals surface area (Å²) in [6, 6.07) is 7.84. The normalized spacial score (nSPS) is 11.5. The zero-order chi connectivity index (χ0) is 14.3. The molecule has 2 N–H and O–H groups in total. The highest BCUT2D eigenvalue weighted by atomic mass is 79.9. The number of nitrogens with one attached hydrogen (secondary N) is 2. The lowest BCUT2D eigenvalue weighted by Gasteiger charge is -2.12. The summed E-state index contributed by atoms with van der Waals surface area (Å²) < 4.78 is 0.754. The van der Waals surface area contributed by atoms with Crippen LogP contribution in [0.15, 0.2) is 22.7 Å². The van der Waals surface area contributed by atoms with Gasteiger partial charge in [-0.25, -0.2) is 0 Å². The van der Waals surface area contributed by atoms with Crippen LogP contribution in [-0.2, 0) is 4.79 Å². The van der Waals surface area contributed by atoms with Crippen LogP contribution in [0.2, 0.25) is 0 Å². The Morgan fingerprint density at radius 2 is 2.26 bits per heavy atom. The zero-order valence-electron chi connectivity index (χ0n) is 11.2. The number of hydrogen-bond acceptors (Lipinski definition) is 3. The summed E-state index contributed by atoms with van der Waals surface area (Å²) in [7, 11) is 0. The first-order valence-electron chi connectivity index (χ1n) is 6.30. The maximum absolute atomic E-state index is 11.6. The van der Waals surface area contributed by atoms with Gasteiger partial charge in [0, 0.05) is 23.5 Å². The van der Waals surface area contributed by atoms with Crippen molar-refractivity contribution in [2.24, 2.45) is 0 Å². The molecule has 0 aliphatic rings. The van der Waals surface area contributed by atoms with E-state index in [2.05, 4.69) is 32.6 Å². The molecule has 102 valence electrons. The van der Waals surface area contributed by atoms with Gasteiger partial charge in [-0.05, 0) is 41.4 Å². The van der Waals surface area contributed by atoms with Crippen LogP contribution in [0, 0.1) is 11.3 Å². The quantitative estimate of drug-likeness (QED) is 0.845. The molecule has 1 atom stereocenters. The van der Waals surface area contributed by atoms with Crippen LogP contribution in [0.4, 0.5) is 5.69 Å². The van der Waals surface area contributed by atoms with Crippen LogP contribution in [0.25, 0.3) is 0 Å². The fourth-order valence-corrected chi connectivity index (χ4v) is 2.00. The number of carbonyl (C=O) groups excluding carboxylic acids is 1. The summed E-state index contributed by atoms with van der Waals surface area (Å²) in [4.78, 5) is 11.6. The average molecular weight is 324 g/mol. The molecule has 0 aromatic heterocycles. The van der Waals surface area contributed by atoms with Gasteiger partial charge in [0.25, 0.3) is 0 Å². The van der Waals surface area contributed by atoms with Crippen LogP contribution in [0.5, 0.6) is 0 Å². The lowest BCUT2D eigenvalue weighted by molar-refractivity contribution is -0.121.